The van der Waals surface area contributed by atoms with Crippen LogP contribution in [0.1, 0.15) is 6.42 Å². The van der Waals surface area contributed by atoms with Crippen LogP contribution in [0, 0.1) is 0 Å². The molecule has 0 bridgehead atoms. The van der Waals surface area contributed by atoms with Crippen LogP contribution < -0.4 is 5.32 Å². The summed E-state index contributed by atoms with van der Waals surface area (Å²) in [6, 6.07) is 0.659. The van der Waals surface area contributed by atoms with Gasteiger partial charge in [0.15, 0.2) is 0 Å². The quantitative estimate of drug-likeness (QED) is 0.734. The Labute approximate surface area is 118 Å². The second kappa shape index (κ2) is 7.50. The first-order valence-electron chi connectivity index (χ1n) is 6.06. The van der Waals surface area contributed by atoms with Crippen LogP contribution >= 0.6 is 0 Å². The number of hydrogen-bond donors (Lipinski definition) is 2. The van der Waals surface area contributed by atoms with Gasteiger partial charge in [-0.15, -0.1) is 0 Å². The molecule has 2 N–H and O–H groups in total. The van der Waals surface area contributed by atoms with E-state index in [1.807, 2.05) is 0 Å². The van der Waals surface area contributed by atoms with Gasteiger partial charge in [-0.2, -0.15) is 18.3 Å². The molecule has 0 aliphatic rings. The van der Waals surface area contributed by atoms with Crippen molar-refractivity contribution in [3.8, 4) is 0 Å². The van der Waals surface area contributed by atoms with Gasteiger partial charge in [-0.1, -0.05) is 0 Å². The van der Waals surface area contributed by atoms with Gasteiger partial charge in [0.2, 0.25) is 0 Å². The molecule has 10 heteroatoms. The Bertz CT molecular complexity index is 462. The molecule has 0 aliphatic heterocycles. The van der Waals surface area contributed by atoms with Crippen LogP contribution in [0.3, 0.4) is 0 Å². The summed E-state index contributed by atoms with van der Waals surface area (Å²) in [4.78, 5) is 22.2. The summed E-state index contributed by atoms with van der Waals surface area (Å²) in [7, 11) is 0. The Hall–Kier alpha value is -2.26. The number of aryl methyl sites for hydroxylation is 1. The van der Waals surface area contributed by atoms with E-state index in [0.29, 0.717) is 13.0 Å². The molecule has 1 rings (SSSR count). The number of urea groups is 1. The molecule has 1 aromatic rings. The highest BCUT2D eigenvalue weighted by atomic mass is 19.4. The zero-order valence-corrected chi connectivity index (χ0v) is 11.0. The van der Waals surface area contributed by atoms with Crippen molar-refractivity contribution in [3.63, 3.8) is 0 Å². The predicted octanol–water partition coefficient (Wildman–Crippen LogP) is 0.932. The third-order valence-corrected chi connectivity index (χ3v) is 2.38. The maximum absolute atomic E-state index is 12.3. The first kappa shape index (κ1) is 16.8. The average Bonchev–Trinajstić information content (AvgIpc) is 2.84. The summed E-state index contributed by atoms with van der Waals surface area (Å²) < 4.78 is 38.4. The van der Waals surface area contributed by atoms with Gasteiger partial charge in [-0.3, -0.25) is 9.48 Å². The molecule has 1 heterocycles. The highest BCUT2D eigenvalue weighted by Gasteiger charge is 2.33. The normalized spacial score (nSPS) is 11.2. The lowest BCUT2D eigenvalue weighted by molar-refractivity contribution is -0.148. The second-order valence-corrected chi connectivity index (χ2v) is 4.22. The first-order valence-corrected chi connectivity index (χ1v) is 6.06. The zero-order valence-electron chi connectivity index (χ0n) is 11.0. The number of alkyl halides is 3. The van der Waals surface area contributed by atoms with E-state index >= 15 is 0 Å². The van der Waals surface area contributed by atoms with Gasteiger partial charge in [-0.05, 0) is 12.5 Å². The Morgan fingerprint density at radius 2 is 2.10 bits per heavy atom. The van der Waals surface area contributed by atoms with Crippen LogP contribution in [-0.4, -0.2) is 57.6 Å². The number of carboxylic acid groups (broad SMARTS) is 1. The van der Waals surface area contributed by atoms with Gasteiger partial charge >= 0.3 is 18.2 Å². The smallest absolute Gasteiger partial charge is 0.406 e. The highest BCUT2D eigenvalue weighted by molar-refractivity contribution is 5.80. The fourth-order valence-electron chi connectivity index (χ4n) is 1.56. The van der Waals surface area contributed by atoms with Crippen LogP contribution in [0.15, 0.2) is 18.5 Å². The topological polar surface area (TPSA) is 87.5 Å². The highest BCUT2D eigenvalue weighted by Crippen LogP contribution is 2.16. The van der Waals surface area contributed by atoms with E-state index in [0.717, 1.165) is 0 Å². The van der Waals surface area contributed by atoms with Crippen molar-refractivity contribution in [2.75, 3.05) is 19.6 Å². The molecule has 2 amide bonds. The third kappa shape index (κ3) is 7.18. The van der Waals surface area contributed by atoms with Gasteiger partial charge in [0, 0.05) is 25.5 Å². The summed E-state index contributed by atoms with van der Waals surface area (Å²) in [6.45, 7) is -2.01. The number of carbonyl (C=O) groups excluding carboxylic acids is 1. The molecule has 0 fully saturated rings. The number of nitrogens with one attached hydrogen (secondary N) is 1. The lowest BCUT2D eigenvalue weighted by atomic mass is 10.4. The molecule has 1 aromatic heterocycles. The number of hydrogen-bond acceptors (Lipinski definition) is 3. The maximum atomic E-state index is 12.3. The Morgan fingerprint density at radius 3 is 2.62 bits per heavy atom. The summed E-state index contributed by atoms with van der Waals surface area (Å²) in [6.07, 6.45) is -0.902. The number of carboxylic acids is 1. The third-order valence-electron chi connectivity index (χ3n) is 2.38. The average molecular weight is 308 g/mol. The molecular weight excluding hydrogens is 293 g/mol. The van der Waals surface area contributed by atoms with E-state index in [1.54, 1.807) is 23.1 Å². The summed E-state index contributed by atoms with van der Waals surface area (Å²) in [5.41, 5.74) is 0. The lowest BCUT2D eigenvalue weighted by Crippen LogP contribution is -2.47. The molecule has 118 valence electrons. The first-order chi connectivity index (χ1) is 9.78. The maximum Gasteiger partial charge on any atom is 0.406 e. The molecule has 0 aromatic carbocycles. The minimum atomic E-state index is -4.65. The standard InChI is InChI=1S/C11H15F3N4O3/c12-11(13,14)8-17(7-9(19)20)10(21)15-3-1-5-18-6-2-4-16-18/h2,4,6H,1,3,5,7-8H2,(H,15,21)(H,19,20). The van der Waals surface area contributed by atoms with Crippen LogP contribution in [0.25, 0.3) is 0 Å². The van der Waals surface area contributed by atoms with Crippen molar-refractivity contribution in [1.29, 1.82) is 0 Å². The lowest BCUT2D eigenvalue weighted by Gasteiger charge is -2.22. The molecule has 0 aliphatic carbocycles. The summed E-state index contributed by atoms with van der Waals surface area (Å²) >= 11 is 0. The number of halogens is 3. The van der Waals surface area contributed by atoms with E-state index in [2.05, 4.69) is 10.4 Å². The fraction of sp³-hybridized carbons (Fsp3) is 0.545. The molecule has 0 spiro atoms. The Balaban J connectivity index is 2.38. The van der Waals surface area contributed by atoms with E-state index in [-0.39, 0.29) is 11.4 Å². The minimum Gasteiger partial charge on any atom is -0.480 e. The molecule has 0 unspecified atom stereocenters. The van der Waals surface area contributed by atoms with Crippen molar-refractivity contribution < 1.29 is 27.9 Å². The van der Waals surface area contributed by atoms with E-state index in [1.165, 1.54) is 0 Å². The fourth-order valence-corrected chi connectivity index (χ4v) is 1.56. The molecule has 0 saturated heterocycles. The van der Waals surface area contributed by atoms with Gasteiger partial charge in [-0.25, -0.2) is 4.79 Å². The molecule has 0 atom stereocenters. The summed E-state index contributed by atoms with van der Waals surface area (Å²) in [5.74, 6) is -1.51. The second-order valence-electron chi connectivity index (χ2n) is 4.22. The van der Waals surface area contributed by atoms with Crippen LogP contribution in [0.4, 0.5) is 18.0 Å². The number of aromatic nitrogens is 2. The molecule has 0 saturated carbocycles. The Kier molecular flexibility index (Phi) is 6.00. The van der Waals surface area contributed by atoms with Gasteiger partial charge in [0.25, 0.3) is 0 Å². The molecular formula is C11H15F3N4O3. The number of carbonyl (C=O) groups is 2. The van der Waals surface area contributed by atoms with E-state index < -0.39 is 31.3 Å². The molecule has 7 nitrogen and oxygen atoms in total. The van der Waals surface area contributed by atoms with Crippen LogP contribution in [-0.2, 0) is 11.3 Å². The monoisotopic (exact) mass is 308 g/mol. The zero-order chi connectivity index (χ0) is 15.9. The van der Waals surface area contributed by atoms with E-state index in [4.69, 9.17) is 5.11 Å². The van der Waals surface area contributed by atoms with Crippen molar-refractivity contribution in [3.05, 3.63) is 18.5 Å². The van der Waals surface area contributed by atoms with Crippen molar-refractivity contribution in [2.24, 2.45) is 0 Å². The van der Waals surface area contributed by atoms with Crippen molar-refractivity contribution in [1.82, 2.24) is 20.0 Å². The van der Waals surface area contributed by atoms with Crippen molar-refractivity contribution in [2.45, 2.75) is 19.1 Å². The van der Waals surface area contributed by atoms with Crippen LogP contribution in [0.5, 0.6) is 0 Å². The number of rotatable bonds is 7. The van der Waals surface area contributed by atoms with Gasteiger partial charge in [0.05, 0.1) is 0 Å². The number of nitrogens with zero attached hydrogens (tertiary/aromatic N) is 3. The van der Waals surface area contributed by atoms with Crippen molar-refractivity contribution >= 4 is 12.0 Å². The van der Waals surface area contributed by atoms with E-state index in [9.17, 15) is 22.8 Å². The van der Waals surface area contributed by atoms with Crippen LogP contribution in [0.2, 0.25) is 0 Å². The van der Waals surface area contributed by atoms with Gasteiger partial charge in [0.1, 0.15) is 13.1 Å². The SMILES string of the molecule is O=C(O)CN(CC(F)(F)F)C(=O)NCCCn1cccn1. The predicted molar refractivity (Wildman–Crippen MR) is 65.5 cm³/mol. The molecule has 0 radical (unpaired) electrons. The minimum absolute atomic E-state index is 0.118. The molecule has 21 heavy (non-hydrogen) atoms. The number of amides is 2. The summed E-state index contributed by atoms with van der Waals surface area (Å²) in [5, 5.41) is 14.7. The largest absolute Gasteiger partial charge is 0.480 e. The Morgan fingerprint density at radius 1 is 1.38 bits per heavy atom. The van der Waals surface area contributed by atoms with Gasteiger partial charge < -0.3 is 15.3 Å². The number of aliphatic carboxylic acids is 1.